The Morgan fingerprint density at radius 2 is 1.96 bits per heavy atom. The molecule has 0 bridgehead atoms. The molecular formula is C22H35N3O3. The number of anilines is 1. The number of methoxy groups -OCH3 is 1. The number of para-hydroxylation sites is 2. The zero-order valence-corrected chi connectivity index (χ0v) is 17.7. The first-order chi connectivity index (χ1) is 13.5. The molecule has 0 radical (unpaired) electrons. The van der Waals surface area contributed by atoms with Crippen molar-refractivity contribution in [1.29, 1.82) is 0 Å². The summed E-state index contributed by atoms with van der Waals surface area (Å²) in [5.41, 5.74) is 0.613. The molecule has 1 fully saturated rings. The van der Waals surface area contributed by atoms with Gasteiger partial charge in [0.2, 0.25) is 11.8 Å². The van der Waals surface area contributed by atoms with Gasteiger partial charge >= 0.3 is 0 Å². The maximum atomic E-state index is 12.7. The van der Waals surface area contributed by atoms with Crippen LogP contribution < -0.4 is 15.4 Å². The molecule has 3 atom stereocenters. The molecule has 6 nitrogen and oxygen atoms in total. The molecule has 1 saturated carbocycles. The quantitative estimate of drug-likeness (QED) is 0.680. The molecule has 0 heterocycles. The summed E-state index contributed by atoms with van der Waals surface area (Å²) in [6, 6.07) is 7.64. The molecule has 2 rings (SSSR count). The molecule has 1 aliphatic carbocycles. The Balaban J connectivity index is 1.90. The maximum absolute atomic E-state index is 12.7. The van der Waals surface area contributed by atoms with Crippen molar-refractivity contribution < 1.29 is 14.3 Å². The molecular weight excluding hydrogens is 354 g/mol. The van der Waals surface area contributed by atoms with Crippen LogP contribution in [0.1, 0.15) is 46.5 Å². The summed E-state index contributed by atoms with van der Waals surface area (Å²) in [5.74, 6) is 1.61. The van der Waals surface area contributed by atoms with Gasteiger partial charge in [0.05, 0.1) is 25.9 Å². The minimum absolute atomic E-state index is 0.0255. The molecule has 0 saturated heterocycles. The Morgan fingerprint density at radius 3 is 2.68 bits per heavy atom. The number of ether oxygens (including phenoxy) is 1. The zero-order chi connectivity index (χ0) is 20.5. The number of amides is 2. The van der Waals surface area contributed by atoms with Crippen LogP contribution in [0.3, 0.4) is 0 Å². The summed E-state index contributed by atoms with van der Waals surface area (Å²) in [5, 5.41) is 6.28. The monoisotopic (exact) mass is 389 g/mol. The van der Waals surface area contributed by atoms with Crippen molar-refractivity contribution in [2.75, 3.05) is 32.1 Å². The van der Waals surface area contributed by atoms with Gasteiger partial charge in [0.1, 0.15) is 5.75 Å². The number of carbonyl (C=O) groups is 2. The maximum Gasteiger partial charge on any atom is 0.244 e. The number of nitrogens with zero attached hydrogens (tertiary/aromatic N) is 1. The molecule has 1 aliphatic rings. The lowest BCUT2D eigenvalue weighted by atomic mass is 9.78. The molecule has 6 heteroatoms. The van der Waals surface area contributed by atoms with Gasteiger partial charge in [-0.05, 0) is 36.8 Å². The third kappa shape index (κ3) is 6.23. The molecule has 0 aromatic heterocycles. The molecule has 156 valence electrons. The molecule has 0 aliphatic heterocycles. The Labute approximate surface area is 169 Å². The topological polar surface area (TPSA) is 70.7 Å². The summed E-state index contributed by atoms with van der Waals surface area (Å²) in [7, 11) is 1.57. The second-order valence-electron chi connectivity index (χ2n) is 7.82. The third-order valence-corrected chi connectivity index (χ3v) is 5.78. The lowest BCUT2D eigenvalue weighted by Crippen LogP contribution is -2.48. The summed E-state index contributed by atoms with van der Waals surface area (Å²) >= 11 is 0. The van der Waals surface area contributed by atoms with Crippen molar-refractivity contribution in [1.82, 2.24) is 10.2 Å². The van der Waals surface area contributed by atoms with Crippen LogP contribution in [0.4, 0.5) is 5.69 Å². The van der Waals surface area contributed by atoms with Gasteiger partial charge < -0.3 is 20.3 Å². The van der Waals surface area contributed by atoms with Crippen LogP contribution in [-0.4, -0.2) is 49.5 Å². The SMILES string of the molecule is CCCN(CC(=O)Nc1ccccc1OC)C(=O)CNC1CCCC(C)C1C. The van der Waals surface area contributed by atoms with Crippen molar-refractivity contribution >= 4 is 17.5 Å². The second kappa shape index (κ2) is 11.1. The van der Waals surface area contributed by atoms with Crippen molar-refractivity contribution in [3.8, 4) is 5.75 Å². The number of benzene rings is 1. The highest BCUT2D eigenvalue weighted by Gasteiger charge is 2.27. The molecule has 3 unspecified atom stereocenters. The Morgan fingerprint density at radius 1 is 1.21 bits per heavy atom. The van der Waals surface area contributed by atoms with E-state index in [0.29, 0.717) is 35.9 Å². The minimum atomic E-state index is -0.217. The van der Waals surface area contributed by atoms with Gasteiger partial charge in [-0.2, -0.15) is 0 Å². The highest BCUT2D eigenvalue weighted by atomic mass is 16.5. The summed E-state index contributed by atoms with van der Waals surface area (Å²) < 4.78 is 5.27. The Kier molecular flexibility index (Phi) is 8.77. The van der Waals surface area contributed by atoms with Crippen molar-refractivity contribution in [3.63, 3.8) is 0 Å². The lowest BCUT2D eigenvalue weighted by Gasteiger charge is -2.35. The summed E-state index contributed by atoms with van der Waals surface area (Å²) in [6.45, 7) is 7.45. The first-order valence-electron chi connectivity index (χ1n) is 10.4. The van der Waals surface area contributed by atoms with Crippen LogP contribution in [-0.2, 0) is 9.59 Å². The van der Waals surface area contributed by atoms with Crippen molar-refractivity contribution in [2.45, 2.75) is 52.5 Å². The fourth-order valence-corrected chi connectivity index (χ4v) is 3.87. The van der Waals surface area contributed by atoms with Crippen LogP contribution in [0.5, 0.6) is 5.75 Å². The largest absolute Gasteiger partial charge is 0.495 e. The molecule has 2 amide bonds. The van der Waals surface area contributed by atoms with E-state index in [1.165, 1.54) is 12.8 Å². The predicted octanol–water partition coefficient (Wildman–Crippen LogP) is 3.29. The molecule has 0 spiro atoms. The van der Waals surface area contributed by atoms with E-state index >= 15 is 0 Å². The number of hydrogen-bond acceptors (Lipinski definition) is 4. The average molecular weight is 390 g/mol. The zero-order valence-electron chi connectivity index (χ0n) is 17.7. The average Bonchev–Trinajstić information content (AvgIpc) is 2.69. The van der Waals surface area contributed by atoms with Crippen LogP contribution in [0.15, 0.2) is 24.3 Å². The van der Waals surface area contributed by atoms with E-state index in [1.807, 2.05) is 19.1 Å². The molecule has 2 N–H and O–H groups in total. The number of carbonyl (C=O) groups excluding carboxylic acids is 2. The van der Waals surface area contributed by atoms with Gasteiger partial charge in [-0.1, -0.05) is 45.7 Å². The van der Waals surface area contributed by atoms with E-state index < -0.39 is 0 Å². The van der Waals surface area contributed by atoms with Gasteiger partial charge in [-0.25, -0.2) is 0 Å². The highest BCUT2D eigenvalue weighted by molar-refractivity contribution is 5.95. The van der Waals surface area contributed by atoms with Gasteiger partial charge in [-0.15, -0.1) is 0 Å². The van der Waals surface area contributed by atoms with Crippen molar-refractivity contribution in [3.05, 3.63) is 24.3 Å². The van der Waals surface area contributed by atoms with Crippen LogP contribution in [0.2, 0.25) is 0 Å². The first kappa shape index (κ1) is 22.2. The minimum Gasteiger partial charge on any atom is -0.495 e. The lowest BCUT2D eigenvalue weighted by molar-refractivity contribution is -0.134. The van der Waals surface area contributed by atoms with Gasteiger partial charge in [0.25, 0.3) is 0 Å². The normalized spacial score (nSPS) is 21.8. The Hall–Kier alpha value is -2.08. The number of hydrogen-bond donors (Lipinski definition) is 2. The van der Waals surface area contributed by atoms with Crippen LogP contribution in [0.25, 0.3) is 0 Å². The molecule has 1 aromatic carbocycles. The van der Waals surface area contributed by atoms with Gasteiger partial charge in [0.15, 0.2) is 0 Å². The second-order valence-corrected chi connectivity index (χ2v) is 7.82. The smallest absolute Gasteiger partial charge is 0.244 e. The molecule has 1 aromatic rings. The number of nitrogens with one attached hydrogen (secondary N) is 2. The highest BCUT2D eigenvalue weighted by Crippen LogP contribution is 2.29. The van der Waals surface area contributed by atoms with Crippen molar-refractivity contribution in [2.24, 2.45) is 11.8 Å². The van der Waals surface area contributed by atoms with Gasteiger partial charge in [0, 0.05) is 12.6 Å². The standard InChI is InChI=1S/C22H35N3O3/c1-5-13-25(15-21(26)24-19-10-6-7-12-20(19)28-4)22(27)14-23-18-11-8-9-16(2)17(18)3/h6-7,10,12,16-18,23H,5,8-9,11,13-15H2,1-4H3,(H,24,26). The van der Waals surface area contributed by atoms with Crippen LogP contribution >= 0.6 is 0 Å². The fraction of sp³-hybridized carbons (Fsp3) is 0.636. The molecule has 28 heavy (non-hydrogen) atoms. The van der Waals surface area contributed by atoms with Crippen LogP contribution in [0, 0.1) is 11.8 Å². The summed E-state index contributed by atoms with van der Waals surface area (Å²) in [4.78, 5) is 26.9. The Bertz CT molecular complexity index is 650. The van der Waals surface area contributed by atoms with E-state index in [1.54, 1.807) is 24.1 Å². The van der Waals surface area contributed by atoms with E-state index in [2.05, 4.69) is 24.5 Å². The van der Waals surface area contributed by atoms with E-state index in [4.69, 9.17) is 4.74 Å². The van der Waals surface area contributed by atoms with E-state index in [0.717, 1.165) is 12.8 Å². The van der Waals surface area contributed by atoms with E-state index in [9.17, 15) is 9.59 Å². The first-order valence-corrected chi connectivity index (χ1v) is 10.4. The van der Waals surface area contributed by atoms with Gasteiger partial charge in [-0.3, -0.25) is 9.59 Å². The third-order valence-electron chi connectivity index (χ3n) is 5.78. The predicted molar refractivity (Wildman–Crippen MR) is 112 cm³/mol. The summed E-state index contributed by atoms with van der Waals surface area (Å²) in [6.07, 6.45) is 4.39. The fourth-order valence-electron chi connectivity index (χ4n) is 3.87. The number of rotatable bonds is 9. The van der Waals surface area contributed by atoms with E-state index in [-0.39, 0.29) is 24.9 Å².